The average Bonchev–Trinajstić information content (AvgIpc) is 2.81. The number of benzene rings is 1. The van der Waals surface area contributed by atoms with Gasteiger partial charge in [-0.3, -0.25) is 9.36 Å². The Balaban J connectivity index is 2.29. The molecule has 0 spiro atoms. The Morgan fingerprint density at radius 1 is 0.938 bits per heavy atom. The Labute approximate surface area is 91.8 Å². The summed E-state index contributed by atoms with van der Waals surface area (Å²) >= 11 is 0. The number of hydrogen-bond donors (Lipinski definition) is 1. The van der Waals surface area contributed by atoms with Gasteiger partial charge in [0.25, 0.3) is 5.91 Å². The van der Waals surface area contributed by atoms with Crippen LogP contribution in [-0.4, -0.2) is 21.6 Å². The second-order valence-electron chi connectivity index (χ2n) is 3.28. The van der Waals surface area contributed by atoms with Gasteiger partial charge in [-0.2, -0.15) is 0 Å². The first-order chi connectivity index (χ1) is 7.68. The lowest BCUT2D eigenvalue weighted by Gasteiger charge is -2.01. The summed E-state index contributed by atoms with van der Waals surface area (Å²) < 4.78 is 1.44. The fourth-order valence-electron chi connectivity index (χ4n) is 1.37. The summed E-state index contributed by atoms with van der Waals surface area (Å²) in [4.78, 5) is 22.4. The van der Waals surface area contributed by atoms with E-state index in [1.165, 1.54) is 28.8 Å². The van der Waals surface area contributed by atoms with Crippen LogP contribution < -0.4 is 0 Å². The van der Waals surface area contributed by atoms with Crippen LogP contribution >= 0.6 is 0 Å². The van der Waals surface area contributed by atoms with Gasteiger partial charge in [-0.15, -0.1) is 0 Å². The zero-order valence-electron chi connectivity index (χ0n) is 8.33. The summed E-state index contributed by atoms with van der Waals surface area (Å²) in [6.45, 7) is 0. The van der Waals surface area contributed by atoms with Crippen molar-refractivity contribution in [3.8, 4) is 0 Å². The zero-order valence-corrected chi connectivity index (χ0v) is 8.33. The molecule has 0 aliphatic heterocycles. The van der Waals surface area contributed by atoms with Crippen molar-refractivity contribution in [2.45, 2.75) is 0 Å². The second-order valence-corrected chi connectivity index (χ2v) is 3.28. The highest BCUT2D eigenvalue weighted by molar-refractivity contribution is 5.97. The molecule has 1 heterocycles. The molecule has 0 atom stereocenters. The number of nitrogens with zero attached hydrogens (tertiary/aromatic N) is 1. The standard InChI is InChI=1S/C12H9NO3/c14-11(13-7-1-2-8-13)9-3-5-10(6-4-9)12(15)16/h1-8H,(H,15,16). The van der Waals surface area contributed by atoms with E-state index in [-0.39, 0.29) is 11.5 Å². The van der Waals surface area contributed by atoms with E-state index in [0.717, 1.165) is 0 Å². The van der Waals surface area contributed by atoms with E-state index in [4.69, 9.17) is 5.11 Å². The van der Waals surface area contributed by atoms with Gasteiger partial charge in [-0.25, -0.2) is 4.79 Å². The van der Waals surface area contributed by atoms with Gasteiger partial charge >= 0.3 is 5.97 Å². The van der Waals surface area contributed by atoms with E-state index >= 15 is 0 Å². The van der Waals surface area contributed by atoms with Gasteiger partial charge in [0.2, 0.25) is 0 Å². The molecule has 0 fully saturated rings. The minimum atomic E-state index is -1.00. The predicted octanol–water partition coefficient (Wildman–Crippen LogP) is 1.87. The SMILES string of the molecule is O=C(O)c1ccc(C(=O)n2cccc2)cc1. The van der Waals surface area contributed by atoms with Gasteiger partial charge in [0.05, 0.1) is 5.56 Å². The maximum absolute atomic E-state index is 11.8. The highest BCUT2D eigenvalue weighted by Crippen LogP contribution is 2.07. The van der Waals surface area contributed by atoms with E-state index in [1.54, 1.807) is 24.5 Å². The summed E-state index contributed by atoms with van der Waals surface area (Å²) in [6, 6.07) is 9.35. The molecule has 0 unspecified atom stereocenters. The Hall–Kier alpha value is -2.36. The molecule has 0 saturated carbocycles. The van der Waals surface area contributed by atoms with Crippen LogP contribution in [0, 0.1) is 0 Å². The molecule has 2 aromatic rings. The van der Waals surface area contributed by atoms with Crippen molar-refractivity contribution in [2.24, 2.45) is 0 Å². The average molecular weight is 215 g/mol. The van der Waals surface area contributed by atoms with E-state index in [1.807, 2.05) is 0 Å². The molecule has 0 saturated heterocycles. The Morgan fingerprint density at radius 2 is 1.44 bits per heavy atom. The lowest BCUT2D eigenvalue weighted by atomic mass is 10.1. The first-order valence-corrected chi connectivity index (χ1v) is 4.69. The van der Waals surface area contributed by atoms with Gasteiger partial charge in [-0.1, -0.05) is 0 Å². The summed E-state index contributed by atoms with van der Waals surface area (Å²) in [7, 11) is 0. The van der Waals surface area contributed by atoms with Crippen molar-refractivity contribution in [3.63, 3.8) is 0 Å². The van der Waals surface area contributed by atoms with Crippen molar-refractivity contribution in [1.82, 2.24) is 4.57 Å². The molecule has 80 valence electrons. The van der Waals surface area contributed by atoms with Crippen LogP contribution in [0.15, 0.2) is 48.8 Å². The number of carboxylic acids is 1. The lowest BCUT2D eigenvalue weighted by Crippen LogP contribution is -2.09. The van der Waals surface area contributed by atoms with Crippen LogP contribution in [0.25, 0.3) is 0 Å². The molecule has 4 heteroatoms. The molecule has 2 rings (SSSR count). The van der Waals surface area contributed by atoms with Crippen molar-refractivity contribution in [1.29, 1.82) is 0 Å². The molecule has 4 nitrogen and oxygen atoms in total. The largest absolute Gasteiger partial charge is 0.478 e. The van der Waals surface area contributed by atoms with E-state index < -0.39 is 5.97 Å². The molecular formula is C12H9NO3. The molecule has 0 aliphatic rings. The number of carbonyl (C=O) groups is 2. The van der Waals surface area contributed by atoms with Gasteiger partial charge in [-0.05, 0) is 36.4 Å². The predicted molar refractivity (Wildman–Crippen MR) is 57.6 cm³/mol. The van der Waals surface area contributed by atoms with Crippen molar-refractivity contribution >= 4 is 11.9 Å². The number of hydrogen-bond acceptors (Lipinski definition) is 2. The maximum atomic E-state index is 11.8. The first-order valence-electron chi connectivity index (χ1n) is 4.69. The smallest absolute Gasteiger partial charge is 0.335 e. The van der Waals surface area contributed by atoms with Crippen LogP contribution in [-0.2, 0) is 0 Å². The minimum Gasteiger partial charge on any atom is -0.478 e. The van der Waals surface area contributed by atoms with Crippen LogP contribution in [0.1, 0.15) is 20.7 Å². The zero-order chi connectivity index (χ0) is 11.5. The fraction of sp³-hybridized carbons (Fsp3) is 0. The number of aromatic nitrogens is 1. The molecule has 1 N–H and O–H groups in total. The number of carboxylic acid groups (broad SMARTS) is 1. The summed E-state index contributed by atoms with van der Waals surface area (Å²) in [6.07, 6.45) is 3.29. The number of carbonyl (C=O) groups excluding carboxylic acids is 1. The second kappa shape index (κ2) is 4.02. The molecular weight excluding hydrogens is 206 g/mol. The van der Waals surface area contributed by atoms with E-state index in [9.17, 15) is 9.59 Å². The quantitative estimate of drug-likeness (QED) is 0.831. The molecule has 0 bridgehead atoms. The monoisotopic (exact) mass is 215 g/mol. The van der Waals surface area contributed by atoms with Crippen LogP contribution in [0.4, 0.5) is 0 Å². The highest BCUT2D eigenvalue weighted by Gasteiger charge is 2.08. The third-order valence-electron chi connectivity index (χ3n) is 2.22. The topological polar surface area (TPSA) is 59.3 Å². The van der Waals surface area contributed by atoms with Crippen molar-refractivity contribution in [3.05, 3.63) is 59.9 Å². The van der Waals surface area contributed by atoms with Crippen LogP contribution in [0.5, 0.6) is 0 Å². The summed E-state index contributed by atoms with van der Waals surface area (Å²) in [5, 5.41) is 8.71. The van der Waals surface area contributed by atoms with E-state index in [0.29, 0.717) is 5.56 Å². The Kier molecular flexibility index (Phi) is 2.55. The molecule has 0 aliphatic carbocycles. The van der Waals surface area contributed by atoms with Crippen LogP contribution in [0.3, 0.4) is 0 Å². The van der Waals surface area contributed by atoms with E-state index in [2.05, 4.69) is 0 Å². The normalized spacial score (nSPS) is 10.0. The van der Waals surface area contributed by atoms with Crippen molar-refractivity contribution in [2.75, 3.05) is 0 Å². The Bertz CT molecular complexity index is 512. The van der Waals surface area contributed by atoms with Gasteiger partial charge in [0, 0.05) is 18.0 Å². The van der Waals surface area contributed by atoms with Gasteiger partial charge < -0.3 is 5.11 Å². The minimum absolute atomic E-state index is 0.170. The number of rotatable bonds is 2. The molecule has 1 aromatic heterocycles. The van der Waals surface area contributed by atoms with Crippen LogP contribution in [0.2, 0.25) is 0 Å². The van der Waals surface area contributed by atoms with Gasteiger partial charge in [0.15, 0.2) is 0 Å². The highest BCUT2D eigenvalue weighted by atomic mass is 16.4. The summed E-state index contributed by atoms with van der Waals surface area (Å²) in [5.74, 6) is -1.18. The molecule has 0 amide bonds. The molecule has 1 aromatic carbocycles. The Morgan fingerprint density at radius 3 is 1.94 bits per heavy atom. The molecule has 16 heavy (non-hydrogen) atoms. The lowest BCUT2D eigenvalue weighted by molar-refractivity contribution is 0.0696. The third kappa shape index (κ3) is 1.86. The first kappa shape index (κ1) is 10.2. The van der Waals surface area contributed by atoms with Gasteiger partial charge in [0.1, 0.15) is 0 Å². The molecule has 0 radical (unpaired) electrons. The van der Waals surface area contributed by atoms with Crippen molar-refractivity contribution < 1.29 is 14.7 Å². The summed E-state index contributed by atoms with van der Waals surface area (Å²) in [5.41, 5.74) is 0.630. The third-order valence-corrected chi connectivity index (χ3v) is 2.22. The number of aromatic carboxylic acids is 1. The maximum Gasteiger partial charge on any atom is 0.335 e. The fourth-order valence-corrected chi connectivity index (χ4v) is 1.37.